The molecule has 162 valence electrons. The molecule has 1 aromatic rings. The number of rotatable bonds is 5. The molecule has 0 saturated carbocycles. The van der Waals surface area contributed by atoms with Gasteiger partial charge in [-0.15, -0.1) is 6.42 Å². The van der Waals surface area contributed by atoms with Gasteiger partial charge in [0.2, 0.25) is 0 Å². The highest BCUT2D eigenvalue weighted by molar-refractivity contribution is 5.54. The van der Waals surface area contributed by atoms with E-state index < -0.39 is 0 Å². The van der Waals surface area contributed by atoms with E-state index in [4.69, 9.17) is 15.9 Å². The van der Waals surface area contributed by atoms with Gasteiger partial charge in [-0.25, -0.2) is 9.37 Å². The van der Waals surface area contributed by atoms with E-state index in [2.05, 4.69) is 10.9 Å². The van der Waals surface area contributed by atoms with Crippen LogP contribution in [0.5, 0.6) is 0 Å². The van der Waals surface area contributed by atoms with Gasteiger partial charge in [0.15, 0.2) is 0 Å². The Hall–Kier alpha value is -2.95. The molecule has 0 N–H and O–H groups in total. The first-order valence-corrected chi connectivity index (χ1v) is 10.5. The van der Waals surface area contributed by atoms with E-state index in [1.54, 1.807) is 6.92 Å². The van der Waals surface area contributed by atoms with Crippen molar-refractivity contribution in [1.29, 1.82) is 0 Å². The summed E-state index contributed by atoms with van der Waals surface area (Å²) < 4.78 is 27.8. The maximum Gasteiger partial charge on any atom is 0.258 e. The topological polar surface area (TPSA) is 56.6 Å². The number of aryl methyl sites for hydroxylation is 1. The Kier molecular flexibility index (Phi) is 6.50. The summed E-state index contributed by atoms with van der Waals surface area (Å²) in [6, 6.07) is 1.46. The van der Waals surface area contributed by atoms with Gasteiger partial charge in [-0.05, 0) is 38.3 Å². The van der Waals surface area contributed by atoms with Gasteiger partial charge in [0.05, 0.1) is 25.0 Å². The lowest BCUT2D eigenvalue weighted by molar-refractivity contribution is 0.0507. The van der Waals surface area contributed by atoms with E-state index in [0.29, 0.717) is 68.5 Å². The van der Waals surface area contributed by atoms with Crippen molar-refractivity contribution in [2.24, 2.45) is 0 Å². The molecule has 31 heavy (non-hydrogen) atoms. The summed E-state index contributed by atoms with van der Waals surface area (Å²) in [5.74, 6) is 2.76. The predicted molar refractivity (Wildman–Crippen MR) is 117 cm³/mol. The number of halogens is 1. The first-order valence-electron chi connectivity index (χ1n) is 10.5. The molecular formula is C24H26FN3O3. The summed E-state index contributed by atoms with van der Waals surface area (Å²) in [5, 5.41) is 0. The average molecular weight is 423 g/mol. The highest BCUT2D eigenvalue weighted by Crippen LogP contribution is 2.30. The summed E-state index contributed by atoms with van der Waals surface area (Å²) in [5.41, 5.74) is 2.41. The van der Waals surface area contributed by atoms with Gasteiger partial charge in [-0.3, -0.25) is 9.36 Å². The minimum absolute atomic E-state index is 0.128. The van der Waals surface area contributed by atoms with Gasteiger partial charge >= 0.3 is 0 Å². The van der Waals surface area contributed by atoms with Crippen LogP contribution in [0.1, 0.15) is 30.8 Å². The monoisotopic (exact) mass is 423 g/mol. The minimum Gasteiger partial charge on any atom is -0.378 e. The first kappa shape index (κ1) is 21.3. The van der Waals surface area contributed by atoms with E-state index in [1.807, 2.05) is 23.1 Å². The fourth-order valence-electron chi connectivity index (χ4n) is 4.09. The molecule has 0 radical (unpaired) electrons. The second-order valence-electron chi connectivity index (χ2n) is 7.77. The third-order valence-corrected chi connectivity index (χ3v) is 5.61. The average Bonchev–Trinajstić information content (AvgIpc) is 2.78. The number of nitrogens with zero attached hydrogens (tertiary/aromatic N) is 3. The van der Waals surface area contributed by atoms with Crippen molar-refractivity contribution < 1.29 is 13.9 Å². The zero-order valence-electron chi connectivity index (χ0n) is 17.6. The molecule has 1 aromatic heterocycles. The van der Waals surface area contributed by atoms with Crippen molar-refractivity contribution >= 4 is 5.70 Å². The molecule has 0 aromatic carbocycles. The maximum absolute atomic E-state index is 15.0. The molecule has 0 bridgehead atoms. The van der Waals surface area contributed by atoms with Gasteiger partial charge in [-0.1, -0.05) is 18.1 Å². The molecule has 1 atom stereocenters. The van der Waals surface area contributed by atoms with Crippen LogP contribution in [0.4, 0.5) is 4.39 Å². The van der Waals surface area contributed by atoms with E-state index in [0.717, 1.165) is 5.57 Å². The fourth-order valence-corrected chi connectivity index (χ4v) is 4.09. The van der Waals surface area contributed by atoms with Crippen molar-refractivity contribution in [2.45, 2.75) is 38.9 Å². The van der Waals surface area contributed by atoms with Crippen molar-refractivity contribution in [2.75, 3.05) is 26.3 Å². The smallest absolute Gasteiger partial charge is 0.258 e. The second-order valence-corrected chi connectivity index (χ2v) is 7.77. The van der Waals surface area contributed by atoms with Gasteiger partial charge in [0.25, 0.3) is 5.56 Å². The molecule has 6 nitrogen and oxygen atoms in total. The highest BCUT2D eigenvalue weighted by Gasteiger charge is 2.23. The van der Waals surface area contributed by atoms with Crippen LogP contribution in [0.25, 0.3) is 5.70 Å². The van der Waals surface area contributed by atoms with Gasteiger partial charge in [0.1, 0.15) is 18.3 Å². The Morgan fingerprint density at radius 3 is 2.90 bits per heavy atom. The zero-order chi connectivity index (χ0) is 21.8. The SMILES string of the molecule is C#CC1=CC(OCc2nc(C)cc(=O)n2C2=CC(F)=C(N3CCOCC3)CC2)CC=C1. The number of ether oxygens (including phenoxy) is 2. The number of hydrogen-bond acceptors (Lipinski definition) is 5. The Morgan fingerprint density at radius 2 is 2.16 bits per heavy atom. The second kappa shape index (κ2) is 9.46. The van der Waals surface area contributed by atoms with Crippen LogP contribution >= 0.6 is 0 Å². The largest absolute Gasteiger partial charge is 0.378 e. The molecular weight excluding hydrogens is 397 g/mol. The third kappa shape index (κ3) is 4.87. The third-order valence-electron chi connectivity index (χ3n) is 5.61. The molecule has 4 rings (SSSR count). The number of hydrogen-bond donors (Lipinski definition) is 0. The molecule has 1 aliphatic heterocycles. The van der Waals surface area contributed by atoms with Crippen LogP contribution in [-0.4, -0.2) is 46.9 Å². The van der Waals surface area contributed by atoms with Crippen LogP contribution in [-0.2, 0) is 16.1 Å². The van der Waals surface area contributed by atoms with Crippen LogP contribution in [0.2, 0.25) is 0 Å². The molecule has 1 unspecified atom stereocenters. The van der Waals surface area contributed by atoms with E-state index in [9.17, 15) is 9.18 Å². The fraction of sp³-hybridized carbons (Fsp3) is 0.417. The molecule has 7 heteroatoms. The zero-order valence-corrected chi connectivity index (χ0v) is 17.6. The number of allylic oxidation sites excluding steroid dienone is 6. The first-order chi connectivity index (χ1) is 15.0. The summed E-state index contributed by atoms with van der Waals surface area (Å²) >= 11 is 0. The maximum atomic E-state index is 15.0. The molecule has 2 heterocycles. The standard InChI is InChI=1S/C24H26FN3O3/c1-3-18-5-4-6-20(14-18)31-16-23-26-17(2)13-24(29)28(23)19-7-8-22(21(25)15-19)27-9-11-30-12-10-27/h1,4-5,13-15,20H,6-12,16H2,2H3. The Morgan fingerprint density at radius 1 is 1.35 bits per heavy atom. The summed E-state index contributed by atoms with van der Waals surface area (Å²) in [4.78, 5) is 19.4. The van der Waals surface area contributed by atoms with Gasteiger partial charge in [-0.2, -0.15) is 0 Å². The minimum atomic E-state index is -0.304. The predicted octanol–water partition coefficient (Wildman–Crippen LogP) is 3.10. The Balaban J connectivity index is 1.59. The molecule has 2 aliphatic carbocycles. The number of terminal acetylenes is 1. The van der Waals surface area contributed by atoms with Gasteiger partial charge in [0, 0.05) is 36.1 Å². The molecule has 1 saturated heterocycles. The summed E-state index contributed by atoms with van der Waals surface area (Å²) in [6.07, 6.45) is 14.2. The van der Waals surface area contributed by atoms with Crippen LogP contribution in [0.15, 0.2) is 52.3 Å². The lowest BCUT2D eigenvalue weighted by Gasteiger charge is -2.33. The van der Waals surface area contributed by atoms with Crippen LogP contribution in [0, 0.1) is 19.3 Å². The van der Waals surface area contributed by atoms with Gasteiger partial charge < -0.3 is 14.4 Å². The summed E-state index contributed by atoms with van der Waals surface area (Å²) in [7, 11) is 0. The Bertz CT molecular complexity index is 1070. The highest BCUT2D eigenvalue weighted by atomic mass is 19.1. The van der Waals surface area contributed by atoms with E-state index in [-0.39, 0.29) is 24.1 Å². The van der Waals surface area contributed by atoms with Crippen LogP contribution < -0.4 is 5.56 Å². The van der Waals surface area contributed by atoms with Crippen molar-refractivity contribution in [3.05, 3.63) is 69.3 Å². The lowest BCUT2D eigenvalue weighted by Crippen LogP contribution is -2.36. The molecule has 1 fully saturated rings. The van der Waals surface area contributed by atoms with E-state index >= 15 is 0 Å². The molecule has 3 aliphatic rings. The molecule has 0 amide bonds. The lowest BCUT2D eigenvalue weighted by atomic mass is 10.0. The van der Waals surface area contributed by atoms with Crippen molar-refractivity contribution in [3.8, 4) is 12.3 Å². The summed E-state index contributed by atoms with van der Waals surface area (Å²) in [6.45, 7) is 4.45. The quantitative estimate of drug-likeness (QED) is 0.682. The molecule has 0 spiro atoms. The van der Waals surface area contributed by atoms with Crippen molar-refractivity contribution in [3.63, 3.8) is 0 Å². The van der Waals surface area contributed by atoms with Crippen molar-refractivity contribution in [1.82, 2.24) is 14.5 Å². The Labute approximate surface area is 181 Å². The normalized spacial score (nSPS) is 21.6. The van der Waals surface area contributed by atoms with Crippen LogP contribution in [0.3, 0.4) is 0 Å². The van der Waals surface area contributed by atoms with E-state index in [1.165, 1.54) is 16.7 Å². The number of morpholine rings is 1. The number of aromatic nitrogens is 2.